The highest BCUT2D eigenvalue weighted by molar-refractivity contribution is 9.09. The van der Waals surface area contributed by atoms with Crippen molar-refractivity contribution in [3.8, 4) is 6.07 Å². The first-order chi connectivity index (χ1) is 17.0. The number of aliphatic hydroxyl groups excluding tert-OH is 1. The van der Waals surface area contributed by atoms with E-state index in [2.05, 4.69) is 76.5 Å². The Labute approximate surface area is 233 Å². The van der Waals surface area contributed by atoms with Gasteiger partial charge in [-0.2, -0.15) is 5.26 Å². The van der Waals surface area contributed by atoms with Gasteiger partial charge >= 0.3 is 0 Å². The Kier molecular flexibility index (Phi) is 6.20. The number of nitriles is 1. The molecule has 0 aromatic rings. The number of rotatable bonds is 2. The molecule has 9 atom stereocenters. The van der Waals surface area contributed by atoms with Crippen molar-refractivity contribution in [3.05, 3.63) is 23.8 Å². The molecule has 0 saturated heterocycles. The van der Waals surface area contributed by atoms with Gasteiger partial charge in [0.1, 0.15) is 6.07 Å². The number of halogens is 1. The zero-order valence-electron chi connectivity index (χ0n) is 24.2. The Bertz CT molecular complexity index is 1100. The lowest BCUT2D eigenvalue weighted by Gasteiger charge is -2.73. The van der Waals surface area contributed by atoms with Crippen molar-refractivity contribution >= 4 is 21.7 Å². The molecule has 3 nitrogen and oxygen atoms in total. The maximum atomic E-state index is 13.3. The normalized spacial score (nSPS) is 48.9. The van der Waals surface area contributed by atoms with Crippen LogP contribution in [0, 0.1) is 67.5 Å². The molecule has 0 aromatic carbocycles. The molecule has 5 aliphatic rings. The fourth-order valence-electron chi connectivity index (χ4n) is 11.3. The standard InChI is InChI=1S/C33H48BrNO2/c1-20-15-24-30(6)16-21(19-35)27(37)29(4,5)23(30)9-10-31(24,7)32(8)12-14-33(25(36)18-34)13-11-28(2,3)17-22(33)26(20)32/h16,22-26,36H,1,9-15,17-18H2,2-8H3/t22?,23-,24+,25?,26?,30-,31+,32+,33-/m0/s1. The molecule has 3 unspecified atom stereocenters. The van der Waals surface area contributed by atoms with Gasteiger partial charge < -0.3 is 5.11 Å². The van der Waals surface area contributed by atoms with Crippen LogP contribution in [0.25, 0.3) is 0 Å². The van der Waals surface area contributed by atoms with E-state index in [9.17, 15) is 15.2 Å². The molecule has 0 heterocycles. The molecular weight excluding hydrogens is 522 g/mol. The number of ketones is 1. The molecule has 5 aliphatic carbocycles. The quantitative estimate of drug-likeness (QED) is 0.270. The zero-order valence-corrected chi connectivity index (χ0v) is 25.8. The van der Waals surface area contributed by atoms with Gasteiger partial charge in [0.05, 0.1) is 11.7 Å². The summed E-state index contributed by atoms with van der Waals surface area (Å²) in [6.07, 6.45) is 10.5. The number of allylic oxidation sites excluding steroid dienone is 3. The second-order valence-electron chi connectivity index (χ2n) is 15.8. The van der Waals surface area contributed by atoms with Crippen molar-refractivity contribution < 1.29 is 9.90 Å². The molecule has 0 aliphatic heterocycles. The van der Waals surface area contributed by atoms with E-state index in [4.69, 9.17) is 6.58 Å². The van der Waals surface area contributed by atoms with Crippen LogP contribution in [0.2, 0.25) is 0 Å². The molecule has 4 fully saturated rings. The summed E-state index contributed by atoms with van der Waals surface area (Å²) in [6.45, 7) is 21.3. The van der Waals surface area contributed by atoms with Gasteiger partial charge in [0, 0.05) is 16.2 Å². The monoisotopic (exact) mass is 569 g/mol. The Hall–Kier alpha value is -0.920. The number of Topliss-reactive ketones (excluding diaryl/α,β-unsaturated/α-hetero) is 1. The fourth-order valence-corrected chi connectivity index (χ4v) is 11.9. The van der Waals surface area contributed by atoms with Gasteiger partial charge in [0.2, 0.25) is 0 Å². The van der Waals surface area contributed by atoms with E-state index in [1.54, 1.807) is 0 Å². The highest BCUT2D eigenvalue weighted by atomic mass is 79.9. The highest BCUT2D eigenvalue weighted by Crippen LogP contribution is 2.77. The molecular formula is C33H48BrNO2. The first-order valence-electron chi connectivity index (χ1n) is 14.6. The SMILES string of the molecule is C=C1C[C@@H]2[C@@]3(C)C=C(C#N)C(=O)C(C)(C)[C@@H]3CC[C@@]2(C)[C@]2(C)CC[C@@]3(C(O)CBr)CCC(C)(C)CC3C12. The van der Waals surface area contributed by atoms with Crippen LogP contribution in [-0.4, -0.2) is 22.3 Å². The lowest BCUT2D eigenvalue weighted by Crippen LogP contribution is -2.68. The zero-order chi connectivity index (χ0) is 27.4. The summed E-state index contributed by atoms with van der Waals surface area (Å²) in [5, 5.41) is 22.1. The number of carbonyl (C=O) groups excluding carboxylic acids is 1. The largest absolute Gasteiger partial charge is 0.392 e. The second-order valence-corrected chi connectivity index (χ2v) is 16.4. The highest BCUT2D eigenvalue weighted by Gasteiger charge is 2.71. The number of aliphatic hydroxyl groups is 1. The third-order valence-electron chi connectivity index (χ3n) is 13.5. The van der Waals surface area contributed by atoms with Crippen LogP contribution in [0.15, 0.2) is 23.8 Å². The van der Waals surface area contributed by atoms with E-state index in [-0.39, 0.29) is 44.9 Å². The number of nitrogens with zero attached hydrogens (tertiary/aromatic N) is 1. The van der Waals surface area contributed by atoms with Crippen LogP contribution >= 0.6 is 15.9 Å². The van der Waals surface area contributed by atoms with E-state index < -0.39 is 5.41 Å². The van der Waals surface area contributed by atoms with Crippen molar-refractivity contribution in [2.45, 2.75) is 106 Å². The lowest BCUT2D eigenvalue weighted by molar-refractivity contribution is -0.224. The van der Waals surface area contributed by atoms with Gasteiger partial charge in [-0.25, -0.2) is 0 Å². The van der Waals surface area contributed by atoms with Crippen molar-refractivity contribution in [3.63, 3.8) is 0 Å². The van der Waals surface area contributed by atoms with Gasteiger partial charge in [0.15, 0.2) is 5.78 Å². The van der Waals surface area contributed by atoms with Gasteiger partial charge in [-0.3, -0.25) is 4.79 Å². The lowest BCUT2D eigenvalue weighted by atomic mass is 9.31. The summed E-state index contributed by atoms with van der Waals surface area (Å²) in [5.41, 5.74) is 1.41. The van der Waals surface area contributed by atoms with Crippen LogP contribution in [0.4, 0.5) is 0 Å². The summed E-state index contributed by atoms with van der Waals surface area (Å²) in [4.78, 5) is 13.3. The Morgan fingerprint density at radius 2 is 1.70 bits per heavy atom. The second kappa shape index (κ2) is 8.30. The van der Waals surface area contributed by atoms with Gasteiger partial charge in [0.25, 0.3) is 0 Å². The minimum atomic E-state index is -0.524. The maximum absolute atomic E-state index is 13.3. The molecule has 1 N–H and O–H groups in total. The van der Waals surface area contributed by atoms with Crippen LogP contribution in [0.3, 0.4) is 0 Å². The molecule has 0 radical (unpaired) electrons. The molecule has 0 spiro atoms. The molecule has 0 amide bonds. The Morgan fingerprint density at radius 1 is 1.05 bits per heavy atom. The Balaban J connectivity index is 1.64. The van der Waals surface area contributed by atoms with E-state index >= 15 is 0 Å². The third-order valence-corrected chi connectivity index (χ3v) is 14.1. The molecule has 4 heteroatoms. The predicted molar refractivity (Wildman–Crippen MR) is 153 cm³/mol. The Morgan fingerprint density at radius 3 is 2.32 bits per heavy atom. The fraction of sp³-hybridized carbons (Fsp3) is 0.818. The maximum Gasteiger partial charge on any atom is 0.178 e. The van der Waals surface area contributed by atoms with Crippen LogP contribution in [0.5, 0.6) is 0 Å². The first-order valence-corrected chi connectivity index (χ1v) is 15.8. The minimum Gasteiger partial charge on any atom is -0.392 e. The smallest absolute Gasteiger partial charge is 0.178 e. The number of carbonyl (C=O) groups is 1. The van der Waals surface area contributed by atoms with E-state index in [0.29, 0.717) is 28.7 Å². The van der Waals surface area contributed by atoms with Crippen LogP contribution in [0.1, 0.15) is 99.8 Å². The van der Waals surface area contributed by atoms with E-state index in [1.807, 2.05) is 0 Å². The van der Waals surface area contributed by atoms with Gasteiger partial charge in [-0.15, -0.1) is 0 Å². The first kappa shape index (κ1) is 27.6. The topological polar surface area (TPSA) is 61.1 Å². The molecule has 4 saturated carbocycles. The summed E-state index contributed by atoms with van der Waals surface area (Å²) < 4.78 is 0. The average Bonchev–Trinajstić information content (AvgIpc) is 2.82. The van der Waals surface area contributed by atoms with Crippen LogP contribution in [-0.2, 0) is 4.79 Å². The number of hydrogen-bond donors (Lipinski definition) is 1. The molecule has 0 bridgehead atoms. The molecule has 37 heavy (non-hydrogen) atoms. The van der Waals surface area contributed by atoms with Gasteiger partial charge in [-0.05, 0) is 96.7 Å². The number of alkyl halides is 1. The summed E-state index contributed by atoms with van der Waals surface area (Å²) in [6, 6.07) is 2.28. The van der Waals surface area contributed by atoms with Crippen molar-refractivity contribution in [2.75, 3.05) is 5.33 Å². The van der Waals surface area contributed by atoms with E-state index in [1.165, 1.54) is 12.0 Å². The van der Waals surface area contributed by atoms with E-state index in [0.717, 1.165) is 44.9 Å². The number of hydrogen-bond acceptors (Lipinski definition) is 3. The summed E-state index contributed by atoms with van der Waals surface area (Å²) in [5.74, 6) is 1.45. The van der Waals surface area contributed by atoms with Gasteiger partial charge in [-0.1, -0.05) is 82.6 Å². The predicted octanol–water partition coefficient (Wildman–Crippen LogP) is 8.03. The molecule has 5 rings (SSSR count). The summed E-state index contributed by atoms with van der Waals surface area (Å²) in [7, 11) is 0. The summed E-state index contributed by atoms with van der Waals surface area (Å²) >= 11 is 3.66. The molecule has 204 valence electrons. The average molecular weight is 571 g/mol. The van der Waals surface area contributed by atoms with Crippen molar-refractivity contribution in [2.24, 2.45) is 56.2 Å². The molecule has 0 aromatic heterocycles. The van der Waals surface area contributed by atoms with Crippen LogP contribution < -0.4 is 0 Å². The van der Waals surface area contributed by atoms with Crippen molar-refractivity contribution in [1.29, 1.82) is 5.26 Å². The third kappa shape index (κ3) is 3.41. The minimum absolute atomic E-state index is 0.0236. The van der Waals surface area contributed by atoms with Crippen molar-refractivity contribution in [1.82, 2.24) is 0 Å². The number of fused-ring (bicyclic) bond motifs is 7.